The number of rotatable bonds is 3. The quantitative estimate of drug-likeness (QED) is 0.861. The summed E-state index contributed by atoms with van der Waals surface area (Å²) in [7, 11) is 0. The van der Waals surface area contributed by atoms with Gasteiger partial charge < -0.3 is 4.74 Å². The zero-order chi connectivity index (χ0) is 13.1. The van der Waals surface area contributed by atoms with Gasteiger partial charge in [0, 0.05) is 11.6 Å². The predicted octanol–water partition coefficient (Wildman–Crippen LogP) is 2.87. The van der Waals surface area contributed by atoms with Gasteiger partial charge in [0.25, 0.3) is 0 Å². The highest BCUT2D eigenvalue weighted by molar-refractivity contribution is 6.28. The molecule has 0 saturated carbocycles. The van der Waals surface area contributed by atoms with Crippen LogP contribution in [0.4, 0.5) is 8.78 Å². The molecule has 0 atom stereocenters. The van der Waals surface area contributed by atoms with Gasteiger partial charge in [0.2, 0.25) is 5.28 Å². The Morgan fingerprint density at radius 3 is 2.39 bits per heavy atom. The van der Waals surface area contributed by atoms with Gasteiger partial charge in [-0.3, -0.25) is 0 Å². The fourth-order valence-electron chi connectivity index (χ4n) is 1.34. The normalized spacial score (nSPS) is 10.4. The molecule has 0 fully saturated rings. The van der Waals surface area contributed by atoms with E-state index in [1.54, 1.807) is 6.92 Å². The number of nitrogens with zero attached hydrogens (tertiary/aromatic N) is 3. The van der Waals surface area contributed by atoms with Crippen LogP contribution >= 0.6 is 11.6 Å². The van der Waals surface area contributed by atoms with Crippen molar-refractivity contribution >= 4 is 11.6 Å². The van der Waals surface area contributed by atoms with E-state index in [9.17, 15) is 8.78 Å². The molecule has 0 amide bonds. The number of aromatic nitrogens is 3. The van der Waals surface area contributed by atoms with Crippen LogP contribution in [0, 0.1) is 11.6 Å². The lowest BCUT2D eigenvalue weighted by molar-refractivity contribution is 0.312. The van der Waals surface area contributed by atoms with E-state index in [0.717, 1.165) is 18.2 Å². The van der Waals surface area contributed by atoms with Crippen molar-refractivity contribution in [1.29, 1.82) is 0 Å². The van der Waals surface area contributed by atoms with Crippen LogP contribution in [0.15, 0.2) is 18.2 Å². The topological polar surface area (TPSA) is 47.9 Å². The summed E-state index contributed by atoms with van der Waals surface area (Å²) in [6.45, 7) is 2.09. The third-order valence-corrected chi connectivity index (χ3v) is 2.15. The summed E-state index contributed by atoms with van der Waals surface area (Å²) in [6, 6.07) is 2.97. The molecule has 0 saturated heterocycles. The van der Waals surface area contributed by atoms with Gasteiger partial charge in [-0.05, 0) is 30.7 Å². The first-order valence-electron chi connectivity index (χ1n) is 5.09. The van der Waals surface area contributed by atoms with Gasteiger partial charge in [0.05, 0.1) is 6.61 Å². The second kappa shape index (κ2) is 5.22. The molecule has 0 N–H and O–H groups in total. The maximum absolute atomic E-state index is 13.1. The molecule has 0 aliphatic carbocycles. The molecule has 18 heavy (non-hydrogen) atoms. The van der Waals surface area contributed by atoms with Crippen molar-refractivity contribution in [2.24, 2.45) is 0 Å². The fourth-order valence-corrected chi connectivity index (χ4v) is 1.49. The Morgan fingerprint density at radius 1 is 1.11 bits per heavy atom. The smallest absolute Gasteiger partial charge is 0.321 e. The van der Waals surface area contributed by atoms with Crippen molar-refractivity contribution in [3.05, 3.63) is 35.1 Å². The summed E-state index contributed by atoms with van der Waals surface area (Å²) in [6.07, 6.45) is 0. The third-order valence-electron chi connectivity index (χ3n) is 1.98. The van der Waals surface area contributed by atoms with E-state index < -0.39 is 11.6 Å². The van der Waals surface area contributed by atoms with Crippen molar-refractivity contribution in [2.75, 3.05) is 6.61 Å². The van der Waals surface area contributed by atoms with Gasteiger partial charge in [0.15, 0.2) is 5.82 Å². The molecule has 1 heterocycles. The van der Waals surface area contributed by atoms with Gasteiger partial charge in [-0.2, -0.15) is 15.0 Å². The van der Waals surface area contributed by atoms with Crippen LogP contribution in [-0.2, 0) is 0 Å². The zero-order valence-electron chi connectivity index (χ0n) is 9.32. The van der Waals surface area contributed by atoms with Gasteiger partial charge >= 0.3 is 6.01 Å². The summed E-state index contributed by atoms with van der Waals surface area (Å²) < 4.78 is 31.2. The van der Waals surface area contributed by atoms with Crippen molar-refractivity contribution in [2.45, 2.75) is 6.92 Å². The lowest BCUT2D eigenvalue weighted by Gasteiger charge is -2.04. The molecular weight excluding hydrogens is 264 g/mol. The van der Waals surface area contributed by atoms with Crippen LogP contribution in [0.1, 0.15) is 6.92 Å². The summed E-state index contributed by atoms with van der Waals surface area (Å²) >= 11 is 5.69. The average Bonchev–Trinajstić information content (AvgIpc) is 2.27. The molecule has 2 aromatic rings. The Morgan fingerprint density at radius 2 is 1.78 bits per heavy atom. The molecule has 2 rings (SSSR count). The first-order valence-corrected chi connectivity index (χ1v) is 5.47. The Bertz CT molecular complexity index is 560. The lowest BCUT2D eigenvalue weighted by Crippen LogP contribution is -2.01. The minimum Gasteiger partial charge on any atom is -0.464 e. The summed E-state index contributed by atoms with van der Waals surface area (Å²) in [4.78, 5) is 11.4. The second-order valence-electron chi connectivity index (χ2n) is 3.30. The number of benzene rings is 1. The molecule has 4 nitrogen and oxygen atoms in total. The van der Waals surface area contributed by atoms with Crippen molar-refractivity contribution in [3.63, 3.8) is 0 Å². The maximum atomic E-state index is 13.1. The molecule has 1 aromatic carbocycles. The third kappa shape index (κ3) is 2.89. The highest BCUT2D eigenvalue weighted by Gasteiger charge is 2.10. The van der Waals surface area contributed by atoms with Crippen molar-refractivity contribution in [3.8, 4) is 17.4 Å². The molecule has 7 heteroatoms. The highest BCUT2D eigenvalue weighted by Crippen LogP contribution is 2.21. The predicted molar refractivity (Wildman–Crippen MR) is 61.4 cm³/mol. The van der Waals surface area contributed by atoms with Crippen LogP contribution < -0.4 is 4.74 Å². The molecule has 0 radical (unpaired) electrons. The van der Waals surface area contributed by atoms with E-state index in [1.807, 2.05) is 0 Å². The fraction of sp³-hybridized carbons (Fsp3) is 0.182. The number of ether oxygens (including phenoxy) is 1. The maximum Gasteiger partial charge on any atom is 0.321 e. The van der Waals surface area contributed by atoms with E-state index in [-0.39, 0.29) is 22.7 Å². The van der Waals surface area contributed by atoms with Gasteiger partial charge in [-0.25, -0.2) is 8.78 Å². The van der Waals surface area contributed by atoms with E-state index in [1.165, 1.54) is 0 Å². The summed E-state index contributed by atoms with van der Waals surface area (Å²) in [5.41, 5.74) is 0.165. The van der Waals surface area contributed by atoms with Crippen LogP contribution in [0.3, 0.4) is 0 Å². The first-order chi connectivity index (χ1) is 8.58. The summed E-state index contributed by atoms with van der Waals surface area (Å²) in [5.74, 6) is -1.39. The standard InChI is InChI=1S/C11H8ClF2N3O/c1-2-18-11-16-9(15-10(12)17-11)6-3-7(13)5-8(14)4-6/h3-5H,2H2,1H3. The monoisotopic (exact) mass is 271 g/mol. The largest absolute Gasteiger partial charge is 0.464 e. The van der Waals surface area contributed by atoms with E-state index in [2.05, 4.69) is 15.0 Å². The number of halogens is 3. The number of hydrogen-bond acceptors (Lipinski definition) is 4. The molecule has 0 aliphatic heterocycles. The van der Waals surface area contributed by atoms with Crippen LogP contribution in [0.5, 0.6) is 6.01 Å². The first kappa shape index (κ1) is 12.6. The molecule has 0 unspecified atom stereocenters. The van der Waals surface area contributed by atoms with E-state index >= 15 is 0 Å². The van der Waals surface area contributed by atoms with Gasteiger partial charge in [-0.1, -0.05) is 0 Å². The van der Waals surface area contributed by atoms with Crippen LogP contribution in [0.2, 0.25) is 5.28 Å². The molecule has 1 aromatic heterocycles. The van der Waals surface area contributed by atoms with Crippen LogP contribution in [0.25, 0.3) is 11.4 Å². The van der Waals surface area contributed by atoms with Gasteiger partial charge in [-0.15, -0.1) is 0 Å². The SMILES string of the molecule is CCOc1nc(Cl)nc(-c2cc(F)cc(F)c2)n1. The zero-order valence-corrected chi connectivity index (χ0v) is 10.1. The van der Waals surface area contributed by atoms with E-state index in [4.69, 9.17) is 16.3 Å². The Labute approximate surface area is 107 Å². The lowest BCUT2D eigenvalue weighted by atomic mass is 10.2. The Balaban J connectivity index is 2.49. The molecule has 0 bridgehead atoms. The van der Waals surface area contributed by atoms with Gasteiger partial charge in [0.1, 0.15) is 11.6 Å². The molecule has 0 aliphatic rings. The average molecular weight is 272 g/mol. The summed E-state index contributed by atoms with van der Waals surface area (Å²) in [5, 5.41) is -0.104. The van der Waals surface area contributed by atoms with E-state index in [0.29, 0.717) is 6.61 Å². The van der Waals surface area contributed by atoms with Crippen molar-refractivity contribution in [1.82, 2.24) is 15.0 Å². The van der Waals surface area contributed by atoms with Crippen molar-refractivity contribution < 1.29 is 13.5 Å². The minimum atomic E-state index is -0.723. The second-order valence-corrected chi connectivity index (χ2v) is 3.64. The molecule has 94 valence electrons. The Hall–Kier alpha value is -1.82. The Kier molecular flexibility index (Phi) is 3.66. The number of hydrogen-bond donors (Lipinski definition) is 0. The molecular formula is C11H8ClF2N3O. The molecule has 0 spiro atoms. The minimum absolute atomic E-state index is 0.0113. The van der Waals surface area contributed by atoms with Crippen LogP contribution in [-0.4, -0.2) is 21.6 Å². The highest BCUT2D eigenvalue weighted by atomic mass is 35.5.